The molecule has 1 saturated heterocycles. The molecule has 1 aliphatic carbocycles. The van der Waals surface area contributed by atoms with E-state index >= 15 is 0 Å². The van der Waals surface area contributed by atoms with E-state index in [0.717, 1.165) is 25.7 Å². The third-order valence-corrected chi connectivity index (χ3v) is 3.48. The van der Waals surface area contributed by atoms with E-state index < -0.39 is 6.03 Å². The van der Waals surface area contributed by atoms with E-state index in [4.69, 9.17) is 5.26 Å². The Morgan fingerprint density at radius 2 is 1.82 bits per heavy atom. The minimum atomic E-state index is -0.411. The fourth-order valence-electron chi connectivity index (χ4n) is 2.29. The molecule has 0 aromatic carbocycles. The maximum atomic E-state index is 11.8. The summed E-state index contributed by atoms with van der Waals surface area (Å²) in [6.45, 7) is 0.445. The highest BCUT2D eigenvalue weighted by atomic mass is 16.2. The summed E-state index contributed by atoms with van der Waals surface area (Å²) < 4.78 is 0. The molecule has 5 heteroatoms. The minimum absolute atomic E-state index is 0.0260. The summed E-state index contributed by atoms with van der Waals surface area (Å²) in [5.74, 6) is -0.192. The van der Waals surface area contributed by atoms with Crippen molar-refractivity contribution in [3.8, 4) is 6.07 Å². The highest BCUT2D eigenvalue weighted by molar-refractivity contribution is 5.96. The average molecular weight is 235 g/mol. The molecule has 2 rings (SSSR count). The van der Waals surface area contributed by atoms with E-state index in [1.54, 1.807) is 0 Å². The quantitative estimate of drug-likeness (QED) is 0.551. The molecule has 1 N–H and O–H groups in total. The van der Waals surface area contributed by atoms with Gasteiger partial charge in [0.1, 0.15) is 6.04 Å². The van der Waals surface area contributed by atoms with Crippen molar-refractivity contribution in [3.05, 3.63) is 0 Å². The lowest BCUT2D eigenvalue weighted by Crippen LogP contribution is -2.38. The molecule has 0 spiro atoms. The molecular weight excluding hydrogens is 218 g/mol. The third kappa shape index (κ3) is 2.96. The van der Waals surface area contributed by atoms with Crippen LogP contribution in [-0.4, -0.2) is 29.4 Å². The lowest BCUT2D eigenvalue weighted by molar-refractivity contribution is -0.124. The maximum Gasteiger partial charge on any atom is 0.325 e. The Labute approximate surface area is 101 Å². The van der Waals surface area contributed by atoms with Gasteiger partial charge in [0, 0.05) is 5.92 Å². The number of carbonyl (C=O) groups is 2. The molecule has 5 nitrogen and oxygen atoms in total. The first kappa shape index (κ1) is 11.9. The number of nitrogens with zero attached hydrogens (tertiary/aromatic N) is 2. The van der Waals surface area contributed by atoms with Gasteiger partial charge in [-0.3, -0.25) is 10.1 Å². The molecule has 0 bridgehead atoms. The van der Waals surface area contributed by atoms with Crippen molar-refractivity contribution in [2.45, 2.75) is 44.6 Å². The first-order valence-electron chi connectivity index (χ1n) is 6.23. The fraction of sp³-hybridized carbons (Fsp3) is 0.750. The predicted octanol–water partition coefficient (Wildman–Crippen LogP) is 1.40. The Morgan fingerprint density at radius 3 is 2.35 bits per heavy atom. The second-order valence-corrected chi connectivity index (χ2v) is 4.78. The first-order chi connectivity index (χ1) is 8.22. The normalized spacial score (nSPS) is 24.6. The largest absolute Gasteiger partial charge is 0.325 e. The summed E-state index contributed by atoms with van der Waals surface area (Å²) in [4.78, 5) is 24.8. The number of amides is 3. The SMILES string of the molecule is N#CC1CN1C(=O)NC(=O)C1CCCCCC1. The number of imide groups is 1. The van der Waals surface area contributed by atoms with Gasteiger partial charge in [-0.15, -0.1) is 0 Å². The van der Waals surface area contributed by atoms with Gasteiger partial charge in [0.15, 0.2) is 0 Å². The first-order valence-corrected chi connectivity index (χ1v) is 6.23. The molecule has 2 aliphatic rings. The predicted molar refractivity (Wildman–Crippen MR) is 60.8 cm³/mol. The van der Waals surface area contributed by atoms with Crippen molar-refractivity contribution >= 4 is 11.9 Å². The smallest absolute Gasteiger partial charge is 0.303 e. The molecule has 1 aliphatic heterocycles. The summed E-state index contributed by atoms with van der Waals surface area (Å²) in [6.07, 6.45) is 6.25. The number of nitrogens with one attached hydrogen (secondary N) is 1. The van der Waals surface area contributed by atoms with Crippen LogP contribution in [0.4, 0.5) is 4.79 Å². The van der Waals surface area contributed by atoms with Crippen LogP contribution < -0.4 is 5.32 Å². The lowest BCUT2D eigenvalue weighted by Gasteiger charge is -2.13. The van der Waals surface area contributed by atoms with Crippen molar-refractivity contribution in [2.24, 2.45) is 5.92 Å². The molecule has 2 fully saturated rings. The van der Waals surface area contributed by atoms with E-state index in [1.807, 2.05) is 6.07 Å². The van der Waals surface area contributed by atoms with Gasteiger partial charge in [-0.1, -0.05) is 25.7 Å². The van der Waals surface area contributed by atoms with Crippen molar-refractivity contribution in [3.63, 3.8) is 0 Å². The molecule has 1 saturated carbocycles. The van der Waals surface area contributed by atoms with E-state index in [1.165, 1.54) is 17.7 Å². The number of rotatable bonds is 1. The number of carbonyl (C=O) groups excluding carboxylic acids is 2. The molecule has 0 radical (unpaired) electrons. The summed E-state index contributed by atoms with van der Waals surface area (Å²) >= 11 is 0. The molecule has 1 heterocycles. The summed E-state index contributed by atoms with van der Waals surface area (Å²) in [6, 6.07) is 1.24. The van der Waals surface area contributed by atoms with Crippen LogP contribution in [0.1, 0.15) is 38.5 Å². The van der Waals surface area contributed by atoms with Gasteiger partial charge in [-0.05, 0) is 12.8 Å². The average Bonchev–Trinajstić information content (AvgIpc) is 3.13. The summed E-state index contributed by atoms with van der Waals surface area (Å²) in [5.41, 5.74) is 0. The van der Waals surface area contributed by atoms with E-state index in [-0.39, 0.29) is 17.9 Å². The van der Waals surface area contributed by atoms with Gasteiger partial charge in [0.25, 0.3) is 0 Å². The van der Waals surface area contributed by atoms with Crippen LogP contribution in [0.5, 0.6) is 0 Å². The molecule has 3 amide bonds. The number of nitriles is 1. The molecule has 0 aromatic heterocycles. The highest BCUT2D eigenvalue weighted by Crippen LogP contribution is 2.23. The second-order valence-electron chi connectivity index (χ2n) is 4.78. The Balaban J connectivity index is 1.80. The molecule has 0 aromatic rings. The Kier molecular flexibility index (Phi) is 3.62. The standard InChI is InChI=1S/C12H17N3O2/c13-7-10-8-15(10)12(17)14-11(16)9-5-3-1-2-4-6-9/h9-10H,1-6,8H2,(H,14,16,17). The maximum absolute atomic E-state index is 11.8. The molecular formula is C12H17N3O2. The van der Waals surface area contributed by atoms with Gasteiger partial charge in [0.05, 0.1) is 12.6 Å². The molecule has 17 heavy (non-hydrogen) atoms. The van der Waals surface area contributed by atoms with Crippen molar-refractivity contribution in [1.29, 1.82) is 5.26 Å². The van der Waals surface area contributed by atoms with Crippen molar-refractivity contribution < 1.29 is 9.59 Å². The number of hydrogen-bond acceptors (Lipinski definition) is 3. The Bertz CT molecular complexity index is 353. The van der Waals surface area contributed by atoms with Crippen molar-refractivity contribution in [2.75, 3.05) is 6.54 Å². The molecule has 92 valence electrons. The zero-order valence-corrected chi connectivity index (χ0v) is 9.82. The zero-order valence-electron chi connectivity index (χ0n) is 9.82. The van der Waals surface area contributed by atoms with Crippen LogP contribution in [0, 0.1) is 17.2 Å². The number of urea groups is 1. The van der Waals surface area contributed by atoms with Crippen LogP contribution in [0.15, 0.2) is 0 Å². The Hall–Kier alpha value is -1.57. The highest BCUT2D eigenvalue weighted by Gasteiger charge is 2.39. The fourth-order valence-corrected chi connectivity index (χ4v) is 2.29. The van der Waals surface area contributed by atoms with Crippen LogP contribution >= 0.6 is 0 Å². The van der Waals surface area contributed by atoms with Gasteiger partial charge < -0.3 is 4.90 Å². The lowest BCUT2D eigenvalue weighted by atomic mass is 10.00. The third-order valence-electron chi connectivity index (χ3n) is 3.48. The van der Waals surface area contributed by atoms with Crippen LogP contribution in [0.3, 0.4) is 0 Å². The van der Waals surface area contributed by atoms with Gasteiger partial charge >= 0.3 is 6.03 Å². The van der Waals surface area contributed by atoms with Crippen LogP contribution in [0.25, 0.3) is 0 Å². The van der Waals surface area contributed by atoms with Crippen LogP contribution in [-0.2, 0) is 4.79 Å². The zero-order chi connectivity index (χ0) is 12.3. The number of hydrogen-bond donors (Lipinski definition) is 1. The van der Waals surface area contributed by atoms with E-state index in [2.05, 4.69) is 5.32 Å². The van der Waals surface area contributed by atoms with Gasteiger partial charge in [-0.25, -0.2) is 4.79 Å². The Morgan fingerprint density at radius 1 is 1.18 bits per heavy atom. The van der Waals surface area contributed by atoms with Crippen molar-refractivity contribution in [1.82, 2.24) is 10.2 Å². The molecule has 1 atom stereocenters. The van der Waals surface area contributed by atoms with Gasteiger partial charge in [0.2, 0.25) is 5.91 Å². The van der Waals surface area contributed by atoms with Crippen LogP contribution in [0.2, 0.25) is 0 Å². The molecule has 1 unspecified atom stereocenters. The van der Waals surface area contributed by atoms with E-state index in [0.29, 0.717) is 6.54 Å². The van der Waals surface area contributed by atoms with E-state index in [9.17, 15) is 9.59 Å². The minimum Gasteiger partial charge on any atom is -0.303 e. The summed E-state index contributed by atoms with van der Waals surface area (Å²) in [7, 11) is 0. The topological polar surface area (TPSA) is 73.0 Å². The summed E-state index contributed by atoms with van der Waals surface area (Å²) in [5, 5.41) is 11.0. The second kappa shape index (κ2) is 5.17. The van der Waals surface area contributed by atoms with Gasteiger partial charge in [-0.2, -0.15) is 5.26 Å². The monoisotopic (exact) mass is 235 g/mol.